The minimum absolute atomic E-state index is 0.447. The van der Waals surface area contributed by atoms with Crippen molar-refractivity contribution < 1.29 is 9.47 Å². The Morgan fingerprint density at radius 1 is 0.950 bits per heavy atom. The number of anilines is 2. The number of rotatable bonds is 2. The highest BCUT2D eigenvalue weighted by Gasteiger charge is 2.20. The summed E-state index contributed by atoms with van der Waals surface area (Å²) in [5.74, 6) is 0. The Kier molecular flexibility index (Phi) is 4.13. The second-order valence-electron chi connectivity index (χ2n) is 5.74. The first-order chi connectivity index (χ1) is 9.74. The van der Waals surface area contributed by atoms with E-state index in [0.29, 0.717) is 6.04 Å². The number of morpholine rings is 2. The molecule has 3 rings (SSSR count). The van der Waals surface area contributed by atoms with Gasteiger partial charge in [0.05, 0.1) is 26.4 Å². The van der Waals surface area contributed by atoms with E-state index in [1.54, 1.807) is 0 Å². The lowest BCUT2D eigenvalue weighted by molar-refractivity contribution is 0.0989. The molecule has 1 atom stereocenters. The maximum atomic E-state index is 5.54. The molecule has 4 heteroatoms. The monoisotopic (exact) mass is 276 g/mol. The van der Waals surface area contributed by atoms with E-state index in [1.165, 1.54) is 16.9 Å². The Balaban J connectivity index is 1.85. The Morgan fingerprint density at radius 3 is 2.40 bits per heavy atom. The molecule has 110 valence electrons. The third-order valence-electron chi connectivity index (χ3n) is 4.12. The molecule has 2 fully saturated rings. The van der Waals surface area contributed by atoms with Crippen molar-refractivity contribution in [2.75, 3.05) is 55.9 Å². The molecule has 2 aliphatic heterocycles. The second kappa shape index (κ2) is 6.02. The van der Waals surface area contributed by atoms with Crippen LogP contribution in [0.25, 0.3) is 0 Å². The molecular formula is C16H24N2O2. The van der Waals surface area contributed by atoms with Crippen molar-refractivity contribution in [3.8, 4) is 0 Å². The number of nitrogens with zero attached hydrogens (tertiary/aromatic N) is 2. The van der Waals surface area contributed by atoms with Gasteiger partial charge in [-0.3, -0.25) is 0 Å². The predicted molar refractivity (Wildman–Crippen MR) is 81.8 cm³/mol. The summed E-state index contributed by atoms with van der Waals surface area (Å²) in [6.45, 7) is 10.7. The van der Waals surface area contributed by atoms with E-state index in [2.05, 4.69) is 41.8 Å². The van der Waals surface area contributed by atoms with Gasteiger partial charge in [0.2, 0.25) is 0 Å². The van der Waals surface area contributed by atoms with E-state index in [0.717, 1.165) is 46.1 Å². The smallest absolute Gasteiger partial charge is 0.0668 e. The minimum Gasteiger partial charge on any atom is -0.378 e. The molecule has 0 saturated carbocycles. The van der Waals surface area contributed by atoms with Crippen LogP contribution >= 0.6 is 0 Å². The van der Waals surface area contributed by atoms with Gasteiger partial charge in [-0.25, -0.2) is 0 Å². The van der Waals surface area contributed by atoms with Crippen molar-refractivity contribution in [2.45, 2.75) is 19.9 Å². The van der Waals surface area contributed by atoms with Gasteiger partial charge in [0.25, 0.3) is 0 Å². The zero-order valence-corrected chi connectivity index (χ0v) is 12.5. The van der Waals surface area contributed by atoms with Crippen LogP contribution in [0.3, 0.4) is 0 Å². The fraction of sp³-hybridized carbons (Fsp3) is 0.625. The summed E-state index contributed by atoms with van der Waals surface area (Å²) in [6.07, 6.45) is 0. The highest BCUT2D eigenvalue weighted by Crippen LogP contribution is 2.27. The van der Waals surface area contributed by atoms with Gasteiger partial charge in [0.15, 0.2) is 0 Å². The van der Waals surface area contributed by atoms with Gasteiger partial charge in [-0.1, -0.05) is 0 Å². The van der Waals surface area contributed by atoms with E-state index in [4.69, 9.17) is 9.47 Å². The van der Waals surface area contributed by atoms with Crippen LogP contribution in [0.15, 0.2) is 18.2 Å². The molecule has 0 spiro atoms. The Bertz CT molecular complexity index is 458. The SMILES string of the molecule is Cc1cc(N2CCOCC2)cc(N2CCOC[C@H]2C)c1. The predicted octanol–water partition coefficient (Wildman–Crippen LogP) is 2.06. The summed E-state index contributed by atoms with van der Waals surface area (Å²) >= 11 is 0. The zero-order valence-electron chi connectivity index (χ0n) is 12.5. The van der Waals surface area contributed by atoms with Gasteiger partial charge < -0.3 is 19.3 Å². The van der Waals surface area contributed by atoms with E-state index in [-0.39, 0.29) is 0 Å². The van der Waals surface area contributed by atoms with Crippen molar-refractivity contribution in [1.29, 1.82) is 0 Å². The van der Waals surface area contributed by atoms with Crippen LogP contribution in [0.2, 0.25) is 0 Å². The molecule has 0 aromatic heterocycles. The van der Waals surface area contributed by atoms with Crippen molar-refractivity contribution in [2.24, 2.45) is 0 Å². The Morgan fingerprint density at radius 2 is 1.65 bits per heavy atom. The molecule has 2 heterocycles. The Labute approximate surface area is 121 Å². The quantitative estimate of drug-likeness (QED) is 0.825. The first-order valence-electron chi connectivity index (χ1n) is 7.53. The van der Waals surface area contributed by atoms with Gasteiger partial charge in [0, 0.05) is 37.1 Å². The van der Waals surface area contributed by atoms with Crippen molar-refractivity contribution >= 4 is 11.4 Å². The molecule has 0 unspecified atom stereocenters. The van der Waals surface area contributed by atoms with Gasteiger partial charge in [-0.2, -0.15) is 0 Å². The number of aryl methyl sites for hydroxylation is 1. The molecule has 20 heavy (non-hydrogen) atoms. The molecule has 0 aliphatic carbocycles. The van der Waals surface area contributed by atoms with Gasteiger partial charge in [-0.15, -0.1) is 0 Å². The van der Waals surface area contributed by atoms with Crippen LogP contribution in [-0.4, -0.2) is 52.1 Å². The highest BCUT2D eigenvalue weighted by atomic mass is 16.5. The zero-order chi connectivity index (χ0) is 13.9. The average molecular weight is 276 g/mol. The summed E-state index contributed by atoms with van der Waals surface area (Å²) in [7, 11) is 0. The van der Waals surface area contributed by atoms with Crippen molar-refractivity contribution in [1.82, 2.24) is 0 Å². The second-order valence-corrected chi connectivity index (χ2v) is 5.74. The Hall–Kier alpha value is -1.26. The fourth-order valence-corrected chi connectivity index (χ4v) is 3.02. The lowest BCUT2D eigenvalue weighted by Gasteiger charge is -2.36. The number of benzene rings is 1. The summed E-state index contributed by atoms with van der Waals surface area (Å²) in [6, 6.07) is 7.33. The lowest BCUT2D eigenvalue weighted by Crippen LogP contribution is -2.44. The van der Waals surface area contributed by atoms with E-state index in [9.17, 15) is 0 Å². The maximum Gasteiger partial charge on any atom is 0.0668 e. The van der Waals surface area contributed by atoms with E-state index in [1.807, 2.05) is 0 Å². The molecule has 0 radical (unpaired) electrons. The molecule has 2 saturated heterocycles. The van der Waals surface area contributed by atoms with Crippen LogP contribution in [0.1, 0.15) is 12.5 Å². The first kappa shape index (κ1) is 13.7. The summed E-state index contributed by atoms with van der Waals surface area (Å²) in [5.41, 5.74) is 3.96. The van der Waals surface area contributed by atoms with Crippen molar-refractivity contribution in [3.63, 3.8) is 0 Å². The molecule has 1 aromatic rings. The third-order valence-corrected chi connectivity index (χ3v) is 4.12. The molecule has 2 aliphatic rings. The van der Waals surface area contributed by atoms with Crippen LogP contribution in [0, 0.1) is 6.92 Å². The number of hydrogen-bond donors (Lipinski definition) is 0. The van der Waals surface area contributed by atoms with E-state index < -0.39 is 0 Å². The molecule has 4 nitrogen and oxygen atoms in total. The van der Waals surface area contributed by atoms with E-state index >= 15 is 0 Å². The first-order valence-corrected chi connectivity index (χ1v) is 7.53. The maximum absolute atomic E-state index is 5.54. The number of hydrogen-bond acceptors (Lipinski definition) is 4. The standard InChI is InChI=1S/C16H24N2O2/c1-13-9-15(17-3-6-19-7-4-17)11-16(10-13)18-5-8-20-12-14(18)2/h9-11,14H,3-8,12H2,1-2H3/t14-/m1/s1. The lowest BCUT2D eigenvalue weighted by atomic mass is 10.1. The van der Waals surface area contributed by atoms with Gasteiger partial charge in [0.1, 0.15) is 0 Å². The fourth-order valence-electron chi connectivity index (χ4n) is 3.02. The largest absolute Gasteiger partial charge is 0.378 e. The minimum atomic E-state index is 0.447. The molecular weight excluding hydrogens is 252 g/mol. The van der Waals surface area contributed by atoms with Crippen LogP contribution in [0.5, 0.6) is 0 Å². The average Bonchev–Trinajstić information content (AvgIpc) is 2.48. The number of ether oxygens (including phenoxy) is 2. The van der Waals surface area contributed by atoms with Gasteiger partial charge in [-0.05, 0) is 37.6 Å². The molecule has 0 bridgehead atoms. The van der Waals surface area contributed by atoms with Crippen LogP contribution < -0.4 is 9.80 Å². The molecule has 1 aromatic carbocycles. The summed E-state index contributed by atoms with van der Waals surface area (Å²) < 4.78 is 11.0. The molecule has 0 amide bonds. The van der Waals surface area contributed by atoms with Crippen LogP contribution in [-0.2, 0) is 9.47 Å². The normalized spacial score (nSPS) is 24.0. The third kappa shape index (κ3) is 2.91. The van der Waals surface area contributed by atoms with Gasteiger partial charge >= 0.3 is 0 Å². The van der Waals surface area contributed by atoms with Crippen LogP contribution in [0.4, 0.5) is 11.4 Å². The summed E-state index contributed by atoms with van der Waals surface area (Å²) in [5, 5.41) is 0. The van der Waals surface area contributed by atoms with Crippen molar-refractivity contribution in [3.05, 3.63) is 23.8 Å². The summed E-state index contributed by atoms with van der Waals surface area (Å²) in [4.78, 5) is 4.88. The highest BCUT2D eigenvalue weighted by molar-refractivity contribution is 5.62. The molecule has 0 N–H and O–H groups in total. The topological polar surface area (TPSA) is 24.9 Å².